The zero-order chi connectivity index (χ0) is 22.3. The van der Waals surface area contributed by atoms with Crippen molar-refractivity contribution >= 4 is 33.2 Å². The fraction of sp³-hybridized carbons (Fsp3) is 0.182. The average molecular weight is 460 g/mol. The van der Waals surface area contributed by atoms with Gasteiger partial charge in [0.15, 0.2) is 0 Å². The quantitative estimate of drug-likeness (QED) is 0.523. The summed E-state index contributed by atoms with van der Waals surface area (Å²) < 4.78 is 32.8. The molecular weight excluding hydrogens is 438 g/mol. The third-order valence-corrected chi connectivity index (χ3v) is 6.34. The van der Waals surface area contributed by atoms with E-state index >= 15 is 0 Å². The van der Waals surface area contributed by atoms with Crippen LogP contribution >= 0.6 is 11.6 Å². The van der Waals surface area contributed by atoms with Crippen LogP contribution in [0, 0.1) is 0 Å². The number of nitrogens with zero attached hydrogens (tertiary/aromatic N) is 2. The van der Waals surface area contributed by atoms with Crippen molar-refractivity contribution < 1.29 is 17.9 Å². The highest BCUT2D eigenvalue weighted by atomic mass is 35.5. The van der Waals surface area contributed by atoms with E-state index in [-0.39, 0.29) is 18.0 Å². The van der Waals surface area contributed by atoms with Crippen LogP contribution in [0.4, 0.5) is 5.69 Å². The van der Waals surface area contributed by atoms with Gasteiger partial charge in [-0.25, -0.2) is 8.42 Å². The molecule has 2 aromatic carbocycles. The molecule has 0 aliphatic carbocycles. The van der Waals surface area contributed by atoms with Crippen LogP contribution in [0.1, 0.15) is 12.5 Å². The van der Waals surface area contributed by atoms with Gasteiger partial charge in [-0.05, 0) is 61.0 Å². The van der Waals surface area contributed by atoms with Gasteiger partial charge in [0.2, 0.25) is 15.9 Å². The molecule has 7 nitrogen and oxygen atoms in total. The van der Waals surface area contributed by atoms with Gasteiger partial charge in [0.05, 0.1) is 13.2 Å². The van der Waals surface area contributed by atoms with E-state index in [1.165, 1.54) is 24.5 Å². The number of ether oxygens (including phenoxy) is 1. The summed E-state index contributed by atoms with van der Waals surface area (Å²) in [4.78, 5) is 16.6. The number of aromatic nitrogens is 1. The van der Waals surface area contributed by atoms with Crippen LogP contribution in [-0.2, 0) is 21.4 Å². The standard InChI is InChI=1S/C22H22ClN3O4S/c1-2-30-20-11-9-19(10-12-20)25-22(27)16-26(15-17-5-7-18(23)8-6-17)31(28,29)21-4-3-13-24-14-21/h3-14H,2,15-16H2,1H3,(H,25,27). The van der Waals surface area contributed by atoms with Crippen LogP contribution in [-0.4, -0.2) is 36.8 Å². The minimum atomic E-state index is -3.95. The molecule has 0 radical (unpaired) electrons. The fourth-order valence-electron chi connectivity index (χ4n) is 2.83. The molecule has 31 heavy (non-hydrogen) atoms. The number of sulfonamides is 1. The molecule has 3 aromatic rings. The minimum absolute atomic E-state index is 0.00505. The number of amides is 1. The Bertz CT molecular complexity index is 1110. The molecule has 0 saturated carbocycles. The van der Waals surface area contributed by atoms with Crippen molar-refractivity contribution in [3.8, 4) is 5.75 Å². The molecule has 0 bridgehead atoms. The van der Waals surface area contributed by atoms with Gasteiger partial charge in [-0.2, -0.15) is 4.31 Å². The van der Waals surface area contributed by atoms with Crippen LogP contribution in [0.15, 0.2) is 78.0 Å². The van der Waals surface area contributed by atoms with Gasteiger partial charge in [-0.3, -0.25) is 9.78 Å². The summed E-state index contributed by atoms with van der Waals surface area (Å²) in [5, 5.41) is 3.26. The molecule has 1 aromatic heterocycles. The highest BCUT2D eigenvalue weighted by Gasteiger charge is 2.27. The third kappa shape index (κ3) is 6.27. The lowest BCUT2D eigenvalue weighted by atomic mass is 10.2. The van der Waals surface area contributed by atoms with E-state index in [0.717, 1.165) is 4.31 Å². The summed E-state index contributed by atoms with van der Waals surface area (Å²) in [7, 11) is -3.95. The van der Waals surface area contributed by atoms with E-state index in [2.05, 4.69) is 10.3 Å². The van der Waals surface area contributed by atoms with Crippen molar-refractivity contribution in [2.45, 2.75) is 18.4 Å². The topological polar surface area (TPSA) is 88.6 Å². The molecule has 0 saturated heterocycles. The van der Waals surface area contributed by atoms with E-state index in [4.69, 9.17) is 16.3 Å². The molecular formula is C22H22ClN3O4S. The molecule has 1 amide bonds. The molecule has 1 N–H and O–H groups in total. The summed E-state index contributed by atoms with van der Waals surface area (Å²) in [6.07, 6.45) is 2.75. The average Bonchev–Trinajstić information content (AvgIpc) is 2.77. The van der Waals surface area contributed by atoms with Gasteiger partial charge in [0.1, 0.15) is 10.6 Å². The Morgan fingerprint density at radius 3 is 2.42 bits per heavy atom. The lowest BCUT2D eigenvalue weighted by Crippen LogP contribution is -2.37. The molecule has 0 aliphatic rings. The van der Waals surface area contributed by atoms with Crippen LogP contribution in [0.2, 0.25) is 5.02 Å². The Morgan fingerprint density at radius 2 is 1.81 bits per heavy atom. The van der Waals surface area contributed by atoms with Gasteiger partial charge in [0.25, 0.3) is 0 Å². The van der Waals surface area contributed by atoms with Crippen molar-refractivity contribution in [2.24, 2.45) is 0 Å². The maximum Gasteiger partial charge on any atom is 0.245 e. The summed E-state index contributed by atoms with van der Waals surface area (Å²) in [5.41, 5.74) is 1.24. The summed E-state index contributed by atoms with van der Waals surface area (Å²) in [6.45, 7) is 2.06. The Hall–Kier alpha value is -2.94. The first-order chi connectivity index (χ1) is 14.9. The second-order valence-corrected chi connectivity index (χ2v) is 8.97. The number of halogens is 1. The molecule has 1 heterocycles. The van der Waals surface area contributed by atoms with Gasteiger partial charge in [-0.15, -0.1) is 0 Å². The number of nitrogens with one attached hydrogen (secondary N) is 1. The Balaban J connectivity index is 1.80. The predicted molar refractivity (Wildman–Crippen MR) is 120 cm³/mol. The molecule has 0 atom stereocenters. The maximum atomic E-state index is 13.2. The molecule has 0 fully saturated rings. The van der Waals surface area contributed by atoms with Gasteiger partial charge >= 0.3 is 0 Å². The van der Waals surface area contributed by atoms with Gasteiger partial charge in [0, 0.05) is 29.6 Å². The molecule has 0 unspecified atom stereocenters. The van der Waals surface area contributed by atoms with E-state index in [1.54, 1.807) is 48.5 Å². The van der Waals surface area contributed by atoms with Crippen molar-refractivity contribution in [3.63, 3.8) is 0 Å². The number of benzene rings is 2. The Kier molecular flexibility index (Phi) is 7.62. The van der Waals surface area contributed by atoms with Crippen molar-refractivity contribution in [3.05, 3.63) is 83.6 Å². The summed E-state index contributed by atoms with van der Waals surface area (Å²) >= 11 is 5.93. The monoisotopic (exact) mass is 459 g/mol. The SMILES string of the molecule is CCOc1ccc(NC(=O)CN(Cc2ccc(Cl)cc2)S(=O)(=O)c2cccnc2)cc1. The largest absolute Gasteiger partial charge is 0.494 e. The second-order valence-electron chi connectivity index (χ2n) is 6.59. The van der Waals surface area contributed by atoms with E-state index < -0.39 is 15.9 Å². The first-order valence-corrected chi connectivity index (χ1v) is 11.4. The predicted octanol–water partition coefficient (Wildman–Crippen LogP) is 3.96. The smallest absolute Gasteiger partial charge is 0.245 e. The van der Waals surface area contributed by atoms with Gasteiger partial charge < -0.3 is 10.1 Å². The maximum absolute atomic E-state index is 13.2. The lowest BCUT2D eigenvalue weighted by Gasteiger charge is -2.22. The van der Waals surface area contributed by atoms with Gasteiger partial charge in [-0.1, -0.05) is 23.7 Å². The van der Waals surface area contributed by atoms with Crippen LogP contribution in [0.3, 0.4) is 0 Å². The van der Waals surface area contributed by atoms with Crippen LogP contribution in [0.5, 0.6) is 5.75 Å². The first-order valence-electron chi connectivity index (χ1n) is 9.56. The fourth-order valence-corrected chi connectivity index (χ4v) is 4.30. The zero-order valence-corrected chi connectivity index (χ0v) is 18.4. The summed E-state index contributed by atoms with van der Waals surface area (Å²) in [5.74, 6) is 0.217. The highest BCUT2D eigenvalue weighted by Crippen LogP contribution is 2.20. The lowest BCUT2D eigenvalue weighted by molar-refractivity contribution is -0.116. The van der Waals surface area contributed by atoms with Crippen LogP contribution < -0.4 is 10.1 Å². The normalized spacial score (nSPS) is 11.3. The molecule has 0 spiro atoms. The van der Waals surface area contributed by atoms with Crippen molar-refractivity contribution in [1.29, 1.82) is 0 Å². The molecule has 162 valence electrons. The number of anilines is 1. The number of carbonyl (C=O) groups excluding carboxylic acids is 1. The third-order valence-electron chi connectivity index (χ3n) is 4.31. The Morgan fingerprint density at radius 1 is 1.10 bits per heavy atom. The second kappa shape index (κ2) is 10.4. The number of hydrogen-bond acceptors (Lipinski definition) is 5. The first kappa shape index (κ1) is 22.7. The number of rotatable bonds is 9. The van der Waals surface area contributed by atoms with Crippen LogP contribution in [0.25, 0.3) is 0 Å². The molecule has 3 rings (SSSR count). The van der Waals surface area contributed by atoms with Crippen molar-refractivity contribution in [1.82, 2.24) is 9.29 Å². The number of carbonyl (C=O) groups is 1. The summed E-state index contributed by atoms with van der Waals surface area (Å²) in [6, 6.07) is 16.6. The van der Waals surface area contributed by atoms with Crippen molar-refractivity contribution in [2.75, 3.05) is 18.5 Å². The zero-order valence-electron chi connectivity index (χ0n) is 16.9. The number of hydrogen-bond donors (Lipinski definition) is 1. The minimum Gasteiger partial charge on any atom is -0.494 e. The Labute approximate surface area is 186 Å². The number of pyridine rings is 1. The highest BCUT2D eigenvalue weighted by molar-refractivity contribution is 7.89. The molecule has 0 aliphatic heterocycles. The molecule has 9 heteroatoms. The van der Waals surface area contributed by atoms with E-state index in [9.17, 15) is 13.2 Å². The van der Waals surface area contributed by atoms with E-state index in [1.807, 2.05) is 6.92 Å². The van der Waals surface area contributed by atoms with E-state index in [0.29, 0.717) is 28.6 Å².